The Labute approximate surface area is 167 Å². The normalized spacial score (nSPS) is 10.3. The quantitative estimate of drug-likeness (QED) is 0.588. The van der Waals surface area contributed by atoms with E-state index in [-0.39, 0.29) is 24.9 Å². The molecule has 1 heterocycles. The highest BCUT2D eigenvalue weighted by Crippen LogP contribution is 2.30. The number of ether oxygens (including phenoxy) is 3. The second-order valence-corrected chi connectivity index (χ2v) is 5.91. The van der Waals surface area contributed by atoms with E-state index in [0.29, 0.717) is 28.6 Å². The Morgan fingerprint density at radius 2 is 1.79 bits per heavy atom. The van der Waals surface area contributed by atoms with E-state index in [0.717, 1.165) is 5.56 Å². The fourth-order valence-corrected chi connectivity index (χ4v) is 2.65. The molecule has 150 valence electrons. The van der Waals surface area contributed by atoms with Gasteiger partial charge in [-0.05, 0) is 42.5 Å². The lowest BCUT2D eigenvalue weighted by molar-refractivity contribution is 0.0943. The monoisotopic (exact) mass is 397 g/mol. The van der Waals surface area contributed by atoms with Crippen LogP contribution in [0.4, 0.5) is 4.39 Å². The summed E-state index contributed by atoms with van der Waals surface area (Å²) in [6.07, 6.45) is 0. The molecule has 0 saturated carbocycles. The van der Waals surface area contributed by atoms with Gasteiger partial charge in [0.1, 0.15) is 12.4 Å². The van der Waals surface area contributed by atoms with Crippen molar-refractivity contribution in [2.45, 2.75) is 0 Å². The van der Waals surface area contributed by atoms with Crippen molar-refractivity contribution in [3.63, 3.8) is 0 Å². The standard InChI is InChI=1S/C21H20FN3O4/c1-27-18-5-3-4-16(20(18)28-2)21(26)23-12-13-29-19-11-10-17(24-25-19)14-6-8-15(22)9-7-14/h3-11H,12-13H2,1-2H3,(H,23,26). The van der Waals surface area contributed by atoms with Crippen LogP contribution >= 0.6 is 0 Å². The van der Waals surface area contributed by atoms with Gasteiger partial charge in [-0.25, -0.2) is 4.39 Å². The molecule has 0 aliphatic rings. The first kappa shape index (κ1) is 20.1. The minimum atomic E-state index is -0.310. The van der Waals surface area contributed by atoms with E-state index >= 15 is 0 Å². The van der Waals surface area contributed by atoms with Crippen LogP contribution in [0.1, 0.15) is 10.4 Å². The second-order valence-electron chi connectivity index (χ2n) is 5.91. The van der Waals surface area contributed by atoms with Crippen molar-refractivity contribution >= 4 is 5.91 Å². The number of amides is 1. The van der Waals surface area contributed by atoms with Gasteiger partial charge in [-0.1, -0.05) is 6.07 Å². The van der Waals surface area contributed by atoms with Crippen LogP contribution < -0.4 is 19.5 Å². The molecule has 0 aliphatic carbocycles. The number of methoxy groups -OCH3 is 2. The molecule has 29 heavy (non-hydrogen) atoms. The number of halogens is 1. The predicted octanol–water partition coefficient (Wildman–Crippen LogP) is 3.11. The van der Waals surface area contributed by atoms with Crippen molar-refractivity contribution in [3.8, 4) is 28.6 Å². The van der Waals surface area contributed by atoms with E-state index in [9.17, 15) is 9.18 Å². The second kappa shape index (κ2) is 9.50. The molecule has 0 saturated heterocycles. The van der Waals surface area contributed by atoms with Crippen LogP contribution in [0.15, 0.2) is 54.6 Å². The highest BCUT2D eigenvalue weighted by Gasteiger charge is 2.15. The van der Waals surface area contributed by atoms with Crippen LogP contribution in [0.25, 0.3) is 11.3 Å². The predicted molar refractivity (Wildman–Crippen MR) is 105 cm³/mol. The van der Waals surface area contributed by atoms with Crippen LogP contribution in [-0.2, 0) is 0 Å². The van der Waals surface area contributed by atoms with E-state index < -0.39 is 0 Å². The number of para-hydroxylation sites is 1. The first-order chi connectivity index (χ1) is 14.1. The minimum absolute atomic E-state index is 0.211. The molecule has 0 atom stereocenters. The Morgan fingerprint density at radius 1 is 1.00 bits per heavy atom. The molecule has 3 aromatic rings. The van der Waals surface area contributed by atoms with Gasteiger partial charge in [-0.15, -0.1) is 10.2 Å². The molecule has 0 aliphatic heterocycles. The Balaban J connectivity index is 1.52. The van der Waals surface area contributed by atoms with Gasteiger partial charge < -0.3 is 19.5 Å². The van der Waals surface area contributed by atoms with Gasteiger partial charge in [-0.2, -0.15) is 0 Å². The molecular formula is C21H20FN3O4. The zero-order valence-corrected chi connectivity index (χ0v) is 16.0. The third kappa shape index (κ3) is 4.98. The Bertz CT molecular complexity index is 963. The first-order valence-electron chi connectivity index (χ1n) is 8.84. The molecule has 0 spiro atoms. The molecular weight excluding hydrogens is 377 g/mol. The highest BCUT2D eigenvalue weighted by molar-refractivity contribution is 5.97. The van der Waals surface area contributed by atoms with Gasteiger partial charge in [0.25, 0.3) is 5.91 Å². The molecule has 0 bridgehead atoms. The van der Waals surface area contributed by atoms with E-state index in [4.69, 9.17) is 14.2 Å². The molecule has 0 unspecified atom stereocenters. The van der Waals surface area contributed by atoms with E-state index in [1.54, 1.807) is 42.5 Å². The van der Waals surface area contributed by atoms with Crippen molar-refractivity contribution in [2.75, 3.05) is 27.4 Å². The lowest BCUT2D eigenvalue weighted by atomic mass is 10.1. The number of nitrogens with one attached hydrogen (secondary N) is 1. The molecule has 0 fully saturated rings. The van der Waals surface area contributed by atoms with Crippen molar-refractivity contribution in [2.24, 2.45) is 0 Å². The molecule has 0 radical (unpaired) electrons. The lowest BCUT2D eigenvalue weighted by Gasteiger charge is -2.12. The Kier molecular flexibility index (Phi) is 6.57. The van der Waals surface area contributed by atoms with E-state index in [2.05, 4.69) is 15.5 Å². The highest BCUT2D eigenvalue weighted by atomic mass is 19.1. The average Bonchev–Trinajstić information content (AvgIpc) is 2.77. The molecule has 2 aromatic carbocycles. The molecule has 1 amide bonds. The summed E-state index contributed by atoms with van der Waals surface area (Å²) in [5.41, 5.74) is 1.73. The summed E-state index contributed by atoms with van der Waals surface area (Å²) in [4.78, 5) is 12.4. The number of carbonyl (C=O) groups is 1. The van der Waals surface area contributed by atoms with E-state index in [1.807, 2.05) is 0 Å². The smallest absolute Gasteiger partial charge is 0.255 e. The maximum absolute atomic E-state index is 13.0. The van der Waals surface area contributed by atoms with Crippen LogP contribution in [0, 0.1) is 5.82 Å². The number of nitrogens with zero attached hydrogens (tertiary/aromatic N) is 2. The van der Waals surface area contributed by atoms with Gasteiger partial charge in [0.2, 0.25) is 5.88 Å². The van der Waals surface area contributed by atoms with Crippen molar-refractivity contribution in [1.82, 2.24) is 15.5 Å². The number of rotatable bonds is 8. The van der Waals surface area contributed by atoms with Crippen molar-refractivity contribution in [3.05, 3.63) is 66.0 Å². The molecule has 1 aromatic heterocycles. The molecule has 7 nitrogen and oxygen atoms in total. The van der Waals surface area contributed by atoms with Crippen LogP contribution in [0.5, 0.6) is 17.4 Å². The number of aromatic nitrogens is 2. The van der Waals surface area contributed by atoms with Gasteiger partial charge in [0.05, 0.1) is 32.0 Å². The molecule has 1 N–H and O–H groups in total. The van der Waals surface area contributed by atoms with Gasteiger partial charge >= 0.3 is 0 Å². The number of hydrogen-bond acceptors (Lipinski definition) is 6. The molecule has 3 rings (SSSR count). The summed E-state index contributed by atoms with van der Waals surface area (Å²) in [7, 11) is 2.99. The van der Waals surface area contributed by atoms with Gasteiger partial charge in [0, 0.05) is 11.6 Å². The summed E-state index contributed by atoms with van der Waals surface area (Å²) in [6, 6.07) is 14.5. The lowest BCUT2D eigenvalue weighted by Crippen LogP contribution is -2.28. The SMILES string of the molecule is COc1cccc(C(=O)NCCOc2ccc(-c3ccc(F)cc3)nn2)c1OC. The van der Waals surface area contributed by atoms with Crippen molar-refractivity contribution < 1.29 is 23.4 Å². The van der Waals surface area contributed by atoms with Gasteiger partial charge in [-0.3, -0.25) is 4.79 Å². The van der Waals surface area contributed by atoms with E-state index in [1.165, 1.54) is 26.4 Å². The van der Waals surface area contributed by atoms with Crippen LogP contribution in [0.2, 0.25) is 0 Å². The third-order valence-electron chi connectivity index (χ3n) is 4.07. The van der Waals surface area contributed by atoms with Gasteiger partial charge in [0.15, 0.2) is 11.5 Å². The average molecular weight is 397 g/mol. The molecule has 8 heteroatoms. The fraction of sp³-hybridized carbons (Fsp3) is 0.190. The summed E-state index contributed by atoms with van der Waals surface area (Å²) in [5, 5.41) is 10.8. The Morgan fingerprint density at radius 3 is 2.45 bits per heavy atom. The van der Waals surface area contributed by atoms with Crippen molar-refractivity contribution in [1.29, 1.82) is 0 Å². The summed E-state index contributed by atoms with van der Waals surface area (Å²) >= 11 is 0. The first-order valence-corrected chi connectivity index (χ1v) is 8.84. The summed E-state index contributed by atoms with van der Waals surface area (Å²) in [5.74, 6) is 0.560. The largest absolute Gasteiger partial charge is 0.493 e. The summed E-state index contributed by atoms with van der Waals surface area (Å²) in [6.45, 7) is 0.475. The number of benzene rings is 2. The summed E-state index contributed by atoms with van der Waals surface area (Å²) < 4.78 is 28.9. The van der Waals surface area contributed by atoms with Crippen LogP contribution in [0.3, 0.4) is 0 Å². The minimum Gasteiger partial charge on any atom is -0.493 e. The zero-order valence-electron chi connectivity index (χ0n) is 16.0. The van der Waals surface area contributed by atoms with Crippen LogP contribution in [-0.4, -0.2) is 43.5 Å². The zero-order chi connectivity index (χ0) is 20.6. The topological polar surface area (TPSA) is 82.6 Å². The Hall–Kier alpha value is -3.68. The maximum Gasteiger partial charge on any atom is 0.255 e. The third-order valence-corrected chi connectivity index (χ3v) is 4.07. The number of hydrogen-bond donors (Lipinski definition) is 1. The number of carbonyl (C=O) groups excluding carboxylic acids is 1. The fourth-order valence-electron chi connectivity index (χ4n) is 2.65. The maximum atomic E-state index is 13.0.